The van der Waals surface area contributed by atoms with Crippen LogP contribution in [0.3, 0.4) is 0 Å². The van der Waals surface area contributed by atoms with Crippen LogP contribution in [0.5, 0.6) is 0 Å². The molecule has 4 heterocycles. The Labute approximate surface area is 155 Å². The van der Waals surface area contributed by atoms with Crippen molar-refractivity contribution in [2.75, 3.05) is 13.1 Å². The highest BCUT2D eigenvalue weighted by atomic mass is 16.2. The Balaban J connectivity index is 1.40. The number of fused-ring (bicyclic) bond motifs is 1. The maximum atomic E-state index is 12.8. The number of rotatable bonds is 3. The predicted molar refractivity (Wildman–Crippen MR) is 95.3 cm³/mol. The molecule has 2 aromatic rings. The molecule has 1 spiro atoms. The van der Waals surface area contributed by atoms with E-state index >= 15 is 0 Å². The molecule has 5 rings (SSSR count). The minimum atomic E-state index is -0.525. The summed E-state index contributed by atoms with van der Waals surface area (Å²) < 4.78 is 4.47. The molecule has 1 saturated carbocycles. The van der Waals surface area contributed by atoms with Crippen molar-refractivity contribution in [1.29, 1.82) is 0 Å². The van der Waals surface area contributed by atoms with E-state index in [1.807, 2.05) is 4.90 Å². The molecule has 0 aromatic carbocycles. The molecule has 27 heavy (non-hydrogen) atoms. The van der Waals surface area contributed by atoms with Crippen LogP contribution in [0, 0.1) is 11.3 Å². The predicted octanol–water partition coefficient (Wildman–Crippen LogP) is -0.363. The van der Waals surface area contributed by atoms with Gasteiger partial charge in [-0.2, -0.15) is 10.2 Å². The molecule has 142 valence electrons. The maximum absolute atomic E-state index is 12.8. The number of hydrogen-bond acceptors (Lipinski definition) is 5. The van der Waals surface area contributed by atoms with E-state index in [4.69, 9.17) is 0 Å². The lowest BCUT2D eigenvalue weighted by Crippen LogP contribution is -2.43. The molecule has 0 radical (unpaired) electrons. The van der Waals surface area contributed by atoms with Gasteiger partial charge in [-0.3, -0.25) is 23.6 Å². The van der Waals surface area contributed by atoms with Crippen molar-refractivity contribution in [3.63, 3.8) is 0 Å². The standard InChI is InChI=1S/C18H22N6O3/c1-21-13(4-6-19-21)15(25)22-7-5-18(10-22)8-14-20-24(9-12-2-3-12)17(27)16(26)23(14)11-18/h4,6,12H,2-3,5,7-11H2,1H3/t18-/m0/s1. The molecular weight excluding hydrogens is 348 g/mol. The molecule has 1 atom stereocenters. The average molecular weight is 370 g/mol. The van der Waals surface area contributed by atoms with Gasteiger partial charge < -0.3 is 4.90 Å². The third-order valence-corrected chi connectivity index (χ3v) is 6.13. The van der Waals surface area contributed by atoms with Gasteiger partial charge in [0.1, 0.15) is 11.5 Å². The van der Waals surface area contributed by atoms with E-state index in [0.717, 1.165) is 19.3 Å². The van der Waals surface area contributed by atoms with Crippen LogP contribution in [0.1, 0.15) is 35.6 Å². The smallest absolute Gasteiger partial charge is 0.332 e. The summed E-state index contributed by atoms with van der Waals surface area (Å²) in [5.74, 6) is 1.11. The van der Waals surface area contributed by atoms with Crippen LogP contribution in [0.4, 0.5) is 0 Å². The zero-order valence-electron chi connectivity index (χ0n) is 15.3. The van der Waals surface area contributed by atoms with Crippen molar-refractivity contribution in [3.8, 4) is 0 Å². The SMILES string of the molecule is Cn1nccc1C(=O)N1CC[C@]2(Cc3nn(CC4CC4)c(=O)c(=O)n3C2)C1. The fourth-order valence-electron chi connectivity index (χ4n) is 4.40. The van der Waals surface area contributed by atoms with E-state index in [0.29, 0.717) is 50.0 Å². The summed E-state index contributed by atoms with van der Waals surface area (Å²) in [7, 11) is 1.75. The highest BCUT2D eigenvalue weighted by molar-refractivity contribution is 5.92. The zero-order valence-corrected chi connectivity index (χ0v) is 15.3. The zero-order chi connectivity index (χ0) is 18.8. The first kappa shape index (κ1) is 16.5. The topological polar surface area (TPSA) is 95.0 Å². The van der Waals surface area contributed by atoms with Crippen LogP contribution in [0.25, 0.3) is 0 Å². The highest BCUT2D eigenvalue weighted by Gasteiger charge is 2.46. The van der Waals surface area contributed by atoms with Crippen LogP contribution < -0.4 is 11.1 Å². The Kier molecular flexibility index (Phi) is 3.44. The van der Waals surface area contributed by atoms with E-state index < -0.39 is 11.1 Å². The van der Waals surface area contributed by atoms with Crippen molar-refractivity contribution in [1.82, 2.24) is 29.0 Å². The molecule has 1 aliphatic carbocycles. The molecule has 1 amide bonds. The van der Waals surface area contributed by atoms with Gasteiger partial charge >= 0.3 is 11.1 Å². The van der Waals surface area contributed by atoms with E-state index in [1.54, 1.807) is 24.0 Å². The first-order chi connectivity index (χ1) is 13.0. The Hall–Kier alpha value is -2.71. The molecule has 1 saturated heterocycles. The summed E-state index contributed by atoms with van der Waals surface area (Å²) in [6, 6.07) is 1.72. The number of hydrogen-bond donors (Lipinski definition) is 0. The Morgan fingerprint density at radius 1 is 1.26 bits per heavy atom. The molecule has 0 bridgehead atoms. The molecule has 2 aromatic heterocycles. The number of likely N-dealkylation sites (tertiary alicyclic amines) is 1. The van der Waals surface area contributed by atoms with Gasteiger partial charge in [0.25, 0.3) is 5.91 Å². The highest BCUT2D eigenvalue weighted by Crippen LogP contribution is 2.39. The summed E-state index contributed by atoms with van der Waals surface area (Å²) in [5.41, 5.74) is -0.655. The first-order valence-corrected chi connectivity index (χ1v) is 9.44. The van der Waals surface area contributed by atoms with Crippen molar-refractivity contribution in [2.24, 2.45) is 18.4 Å². The number of carbonyl (C=O) groups is 1. The third kappa shape index (κ3) is 2.64. The Bertz CT molecular complexity index is 1050. The number of amides is 1. The van der Waals surface area contributed by atoms with Crippen LogP contribution in [0.2, 0.25) is 0 Å². The lowest BCUT2D eigenvalue weighted by Gasteiger charge is -2.22. The molecule has 9 heteroatoms. The fraction of sp³-hybridized carbons (Fsp3) is 0.611. The second kappa shape index (κ2) is 5.64. The fourth-order valence-corrected chi connectivity index (χ4v) is 4.40. The van der Waals surface area contributed by atoms with Gasteiger partial charge in [-0.1, -0.05) is 0 Å². The van der Waals surface area contributed by atoms with E-state index in [-0.39, 0.29) is 11.3 Å². The normalized spacial score (nSPS) is 24.0. The molecule has 9 nitrogen and oxygen atoms in total. The summed E-state index contributed by atoms with van der Waals surface area (Å²) in [6.07, 6.45) is 5.24. The minimum Gasteiger partial charge on any atom is -0.337 e. The van der Waals surface area contributed by atoms with Gasteiger partial charge in [0, 0.05) is 51.3 Å². The van der Waals surface area contributed by atoms with Gasteiger partial charge in [-0.05, 0) is 31.2 Å². The molecule has 2 aliphatic heterocycles. The number of aromatic nitrogens is 5. The average Bonchev–Trinajstić information content (AvgIpc) is 3.04. The van der Waals surface area contributed by atoms with Crippen LogP contribution in [-0.4, -0.2) is 48.0 Å². The molecule has 3 aliphatic rings. The monoisotopic (exact) mass is 370 g/mol. The molecule has 0 N–H and O–H groups in total. The van der Waals surface area contributed by atoms with Crippen molar-refractivity contribution in [2.45, 2.75) is 38.8 Å². The van der Waals surface area contributed by atoms with E-state index in [9.17, 15) is 14.4 Å². The summed E-state index contributed by atoms with van der Waals surface area (Å²) in [6.45, 7) is 2.21. The number of aryl methyl sites for hydroxylation is 1. The van der Waals surface area contributed by atoms with Gasteiger partial charge in [0.05, 0.1) is 0 Å². The molecule has 0 unspecified atom stereocenters. The Morgan fingerprint density at radius 2 is 2.07 bits per heavy atom. The first-order valence-electron chi connectivity index (χ1n) is 9.44. The van der Waals surface area contributed by atoms with Crippen molar-refractivity contribution < 1.29 is 4.79 Å². The van der Waals surface area contributed by atoms with Gasteiger partial charge in [-0.15, -0.1) is 0 Å². The minimum absolute atomic E-state index is 0.0450. The number of carbonyl (C=O) groups excluding carboxylic acids is 1. The lowest BCUT2D eigenvalue weighted by atomic mass is 9.86. The van der Waals surface area contributed by atoms with Crippen molar-refractivity contribution >= 4 is 5.91 Å². The van der Waals surface area contributed by atoms with Gasteiger partial charge in [0.15, 0.2) is 0 Å². The number of nitrogens with zero attached hydrogens (tertiary/aromatic N) is 6. The third-order valence-electron chi connectivity index (χ3n) is 6.13. The second-order valence-electron chi connectivity index (χ2n) is 8.23. The van der Waals surface area contributed by atoms with Gasteiger partial charge in [0.2, 0.25) is 0 Å². The van der Waals surface area contributed by atoms with Gasteiger partial charge in [-0.25, -0.2) is 4.68 Å². The molecular formula is C18H22N6O3. The largest absolute Gasteiger partial charge is 0.337 e. The maximum Gasteiger partial charge on any atom is 0.332 e. The summed E-state index contributed by atoms with van der Waals surface area (Å²) >= 11 is 0. The van der Waals surface area contributed by atoms with Crippen LogP contribution >= 0.6 is 0 Å². The summed E-state index contributed by atoms with van der Waals surface area (Å²) in [5, 5.41) is 8.56. The second-order valence-corrected chi connectivity index (χ2v) is 8.23. The quantitative estimate of drug-likeness (QED) is 0.688. The summed E-state index contributed by atoms with van der Waals surface area (Å²) in [4.78, 5) is 39.5. The lowest BCUT2D eigenvalue weighted by molar-refractivity contribution is 0.0761. The molecule has 2 fully saturated rings. The Morgan fingerprint density at radius 3 is 2.78 bits per heavy atom. The van der Waals surface area contributed by atoms with E-state index in [1.165, 1.54) is 9.25 Å². The van der Waals surface area contributed by atoms with Crippen LogP contribution in [0.15, 0.2) is 21.9 Å². The van der Waals surface area contributed by atoms with E-state index in [2.05, 4.69) is 10.2 Å². The van der Waals surface area contributed by atoms with Crippen molar-refractivity contribution in [3.05, 3.63) is 44.5 Å². The van der Waals surface area contributed by atoms with Crippen LogP contribution in [-0.2, 0) is 26.6 Å².